The summed E-state index contributed by atoms with van der Waals surface area (Å²) in [6.45, 7) is 6.63. The van der Waals surface area contributed by atoms with Gasteiger partial charge in [-0.15, -0.1) is 0 Å². The summed E-state index contributed by atoms with van der Waals surface area (Å²) in [6.07, 6.45) is 3.16. The van der Waals surface area contributed by atoms with Gasteiger partial charge in [0.1, 0.15) is 6.33 Å². The predicted octanol–water partition coefficient (Wildman–Crippen LogP) is 3.36. The van der Waals surface area contributed by atoms with Gasteiger partial charge in [0.25, 0.3) is 0 Å². The van der Waals surface area contributed by atoms with Crippen LogP contribution in [-0.2, 0) is 0 Å². The van der Waals surface area contributed by atoms with Gasteiger partial charge >= 0.3 is 0 Å². The first kappa shape index (κ1) is 20.3. The summed E-state index contributed by atoms with van der Waals surface area (Å²) in [6, 6.07) is 16.9. The maximum absolute atomic E-state index is 11.7. The topological polar surface area (TPSA) is 81.6 Å². The Bertz CT molecular complexity index is 1290. The Kier molecular flexibility index (Phi) is 5.14. The second-order valence-corrected chi connectivity index (χ2v) is 8.53. The number of nitrogens with zero attached hydrogens (tertiary/aromatic N) is 5. The molecule has 0 spiro atoms. The monoisotopic (exact) mass is 429 g/mol. The van der Waals surface area contributed by atoms with Crippen molar-refractivity contribution in [2.45, 2.75) is 25.9 Å². The van der Waals surface area contributed by atoms with Crippen LogP contribution in [0.25, 0.3) is 16.9 Å². The van der Waals surface area contributed by atoms with Crippen molar-refractivity contribution in [3.8, 4) is 11.3 Å². The SMILES string of the molecule is C[C@@H]1CN(C)[C@@H](C)CN1c1ccc(Nc2ccc(-c3cc[nH]c(=O)c3)n3ncnc23)cc1. The summed E-state index contributed by atoms with van der Waals surface area (Å²) >= 11 is 0. The van der Waals surface area contributed by atoms with E-state index >= 15 is 0 Å². The molecule has 1 aliphatic rings. The van der Waals surface area contributed by atoms with Crippen molar-refractivity contribution in [2.24, 2.45) is 0 Å². The lowest BCUT2D eigenvalue weighted by atomic mass is 10.1. The number of pyridine rings is 2. The second kappa shape index (κ2) is 8.12. The van der Waals surface area contributed by atoms with Gasteiger partial charge in [0, 0.05) is 54.4 Å². The number of hydrogen-bond donors (Lipinski definition) is 2. The standard InChI is InChI=1S/C24H27N7O/c1-16-14-30(17(2)13-29(16)3)20-6-4-19(5-7-20)28-21-8-9-22(31-24(21)26-15-27-31)18-10-11-25-23(32)12-18/h4-12,15-17,28H,13-14H2,1-3H3,(H,25,32)/t16-,17+/m0/s1. The van der Waals surface area contributed by atoms with Crippen molar-refractivity contribution in [1.82, 2.24) is 24.5 Å². The molecule has 0 amide bonds. The van der Waals surface area contributed by atoms with Crippen molar-refractivity contribution >= 4 is 22.7 Å². The molecule has 3 aromatic heterocycles. The lowest BCUT2D eigenvalue weighted by molar-refractivity contribution is 0.206. The minimum absolute atomic E-state index is 0.151. The fourth-order valence-corrected chi connectivity index (χ4v) is 4.38. The van der Waals surface area contributed by atoms with Crippen molar-refractivity contribution in [2.75, 3.05) is 30.4 Å². The highest BCUT2D eigenvalue weighted by Gasteiger charge is 2.26. The Morgan fingerprint density at radius 1 is 1.03 bits per heavy atom. The molecular formula is C24H27N7O. The molecule has 164 valence electrons. The van der Waals surface area contributed by atoms with Gasteiger partial charge in [-0.2, -0.15) is 5.10 Å². The zero-order valence-corrected chi connectivity index (χ0v) is 18.5. The fourth-order valence-electron chi connectivity index (χ4n) is 4.38. The number of hydrogen-bond acceptors (Lipinski definition) is 6. The van der Waals surface area contributed by atoms with Crippen LogP contribution < -0.4 is 15.8 Å². The van der Waals surface area contributed by atoms with E-state index in [-0.39, 0.29) is 5.56 Å². The van der Waals surface area contributed by atoms with E-state index in [1.54, 1.807) is 16.8 Å². The number of likely N-dealkylation sites (N-methyl/N-ethyl adjacent to an activating group) is 1. The molecule has 8 nitrogen and oxygen atoms in total. The maximum atomic E-state index is 11.7. The molecule has 0 saturated carbocycles. The molecule has 4 aromatic rings. The third-order valence-corrected chi connectivity index (χ3v) is 6.27. The molecule has 2 atom stereocenters. The van der Waals surface area contributed by atoms with E-state index in [0.717, 1.165) is 35.7 Å². The molecule has 8 heteroatoms. The van der Waals surface area contributed by atoms with E-state index in [0.29, 0.717) is 17.7 Å². The summed E-state index contributed by atoms with van der Waals surface area (Å²) in [5, 5.41) is 7.83. The van der Waals surface area contributed by atoms with Crippen LogP contribution >= 0.6 is 0 Å². The molecule has 1 aliphatic heterocycles. The van der Waals surface area contributed by atoms with Gasteiger partial charge < -0.3 is 15.2 Å². The van der Waals surface area contributed by atoms with E-state index in [9.17, 15) is 4.79 Å². The molecule has 32 heavy (non-hydrogen) atoms. The van der Waals surface area contributed by atoms with Gasteiger partial charge in [-0.05, 0) is 63.4 Å². The van der Waals surface area contributed by atoms with E-state index in [1.165, 1.54) is 12.0 Å². The van der Waals surface area contributed by atoms with E-state index in [1.807, 2.05) is 18.2 Å². The third kappa shape index (κ3) is 3.73. The van der Waals surface area contributed by atoms with Crippen molar-refractivity contribution in [1.29, 1.82) is 0 Å². The highest BCUT2D eigenvalue weighted by molar-refractivity contribution is 5.77. The average molecular weight is 430 g/mol. The van der Waals surface area contributed by atoms with Crippen LogP contribution in [0.4, 0.5) is 17.1 Å². The average Bonchev–Trinajstić information content (AvgIpc) is 3.28. The van der Waals surface area contributed by atoms with Crippen molar-refractivity contribution in [3.05, 3.63) is 71.4 Å². The number of piperazine rings is 1. The molecule has 1 fully saturated rings. The Morgan fingerprint density at radius 3 is 2.62 bits per heavy atom. The first-order valence-electron chi connectivity index (χ1n) is 10.9. The van der Waals surface area contributed by atoms with E-state index < -0.39 is 0 Å². The summed E-state index contributed by atoms with van der Waals surface area (Å²) < 4.78 is 1.75. The molecule has 2 N–H and O–H groups in total. The van der Waals surface area contributed by atoms with Gasteiger partial charge in [-0.3, -0.25) is 9.69 Å². The summed E-state index contributed by atoms with van der Waals surface area (Å²) in [4.78, 5) is 23.7. The van der Waals surface area contributed by atoms with Crippen molar-refractivity contribution < 1.29 is 0 Å². The van der Waals surface area contributed by atoms with Crippen LogP contribution in [0.5, 0.6) is 0 Å². The van der Waals surface area contributed by atoms with Crippen LogP contribution in [0.15, 0.2) is 65.8 Å². The highest BCUT2D eigenvalue weighted by Crippen LogP contribution is 2.28. The molecule has 0 bridgehead atoms. The van der Waals surface area contributed by atoms with Gasteiger partial charge in [0.2, 0.25) is 5.56 Å². The van der Waals surface area contributed by atoms with Gasteiger partial charge in [-0.25, -0.2) is 9.50 Å². The smallest absolute Gasteiger partial charge is 0.248 e. The highest BCUT2D eigenvalue weighted by atomic mass is 16.1. The number of aromatic nitrogens is 4. The summed E-state index contributed by atoms with van der Waals surface area (Å²) in [5.41, 5.74) is 5.22. The Morgan fingerprint density at radius 2 is 1.84 bits per heavy atom. The van der Waals surface area contributed by atoms with Crippen LogP contribution in [0.3, 0.4) is 0 Å². The molecule has 1 aromatic carbocycles. The van der Waals surface area contributed by atoms with Crippen LogP contribution in [0, 0.1) is 0 Å². The molecule has 0 aliphatic carbocycles. The number of rotatable bonds is 4. The van der Waals surface area contributed by atoms with Crippen molar-refractivity contribution in [3.63, 3.8) is 0 Å². The second-order valence-electron chi connectivity index (χ2n) is 8.53. The Balaban J connectivity index is 1.40. The molecule has 0 unspecified atom stereocenters. The van der Waals surface area contributed by atoms with Gasteiger partial charge in [0.15, 0.2) is 5.65 Å². The molecule has 5 rings (SSSR count). The number of anilines is 3. The Labute approximate surface area is 186 Å². The molecular weight excluding hydrogens is 402 g/mol. The number of H-pyrrole nitrogens is 1. The predicted molar refractivity (Wildman–Crippen MR) is 128 cm³/mol. The van der Waals surface area contributed by atoms with Gasteiger partial charge in [-0.1, -0.05) is 0 Å². The van der Waals surface area contributed by atoms with Crippen LogP contribution in [-0.4, -0.2) is 56.7 Å². The number of aromatic amines is 1. The number of fused-ring (bicyclic) bond motifs is 1. The lowest BCUT2D eigenvalue weighted by Crippen LogP contribution is -2.55. The largest absolute Gasteiger partial charge is 0.366 e. The van der Waals surface area contributed by atoms with E-state index in [2.05, 4.69) is 75.3 Å². The lowest BCUT2D eigenvalue weighted by Gasteiger charge is -2.43. The van der Waals surface area contributed by atoms with Crippen LogP contribution in [0.1, 0.15) is 13.8 Å². The normalized spacial score (nSPS) is 19.4. The first-order chi connectivity index (χ1) is 15.5. The minimum atomic E-state index is -0.151. The molecule has 1 saturated heterocycles. The fraction of sp³-hybridized carbons (Fsp3) is 0.292. The minimum Gasteiger partial charge on any atom is -0.366 e. The number of nitrogens with one attached hydrogen (secondary N) is 2. The third-order valence-electron chi connectivity index (χ3n) is 6.27. The molecule has 0 radical (unpaired) electrons. The number of benzene rings is 1. The van der Waals surface area contributed by atoms with Crippen LogP contribution in [0.2, 0.25) is 0 Å². The maximum Gasteiger partial charge on any atom is 0.248 e. The van der Waals surface area contributed by atoms with E-state index in [4.69, 9.17) is 0 Å². The zero-order chi connectivity index (χ0) is 22.2. The molecule has 4 heterocycles. The quantitative estimate of drug-likeness (QED) is 0.518. The zero-order valence-electron chi connectivity index (χ0n) is 18.5. The van der Waals surface area contributed by atoms with Gasteiger partial charge in [0.05, 0.1) is 11.4 Å². The first-order valence-corrected chi connectivity index (χ1v) is 10.9. The Hall–Kier alpha value is -3.65. The summed E-state index contributed by atoms with van der Waals surface area (Å²) in [7, 11) is 2.19. The summed E-state index contributed by atoms with van der Waals surface area (Å²) in [5.74, 6) is 0.